The Morgan fingerprint density at radius 1 is 1.13 bits per heavy atom. The highest BCUT2D eigenvalue weighted by molar-refractivity contribution is 7.98. The predicted molar refractivity (Wildman–Crippen MR) is 90.3 cm³/mol. The molecule has 2 heterocycles. The van der Waals surface area contributed by atoms with Crippen molar-refractivity contribution in [1.82, 2.24) is 4.98 Å². The van der Waals surface area contributed by atoms with Gasteiger partial charge in [0, 0.05) is 26.9 Å². The number of hydrogen-bond acceptors (Lipinski definition) is 5. The molecule has 1 aromatic heterocycles. The van der Waals surface area contributed by atoms with E-state index in [1.165, 1.54) is 11.8 Å². The van der Waals surface area contributed by atoms with E-state index < -0.39 is 0 Å². The molecule has 1 aliphatic rings. The predicted octanol–water partition coefficient (Wildman–Crippen LogP) is 5.29. The molecule has 4 nitrogen and oxygen atoms in total. The van der Waals surface area contributed by atoms with Gasteiger partial charge in [0.15, 0.2) is 12.4 Å². The summed E-state index contributed by atoms with van der Waals surface area (Å²) in [5, 5.41) is 1.89. The lowest BCUT2D eigenvalue weighted by Crippen LogP contribution is -2.12. The standard InChI is InChI=1S/C16H11Cl2NO3S/c17-11-1-2-14-13(5-11)19-16(22-14)23-7-10-4-12(18)3-9-6-20-8-21-15(9)10/h1-5H,6-8H2. The van der Waals surface area contributed by atoms with Crippen LogP contribution >= 0.6 is 35.0 Å². The number of thioether (sulfide) groups is 1. The molecule has 23 heavy (non-hydrogen) atoms. The third-order valence-electron chi connectivity index (χ3n) is 3.43. The normalized spacial score (nSPS) is 13.8. The van der Waals surface area contributed by atoms with Crippen LogP contribution < -0.4 is 4.74 Å². The largest absolute Gasteiger partial charge is 0.467 e. The summed E-state index contributed by atoms with van der Waals surface area (Å²) in [7, 11) is 0. The van der Waals surface area contributed by atoms with Crippen molar-refractivity contribution in [3.8, 4) is 5.75 Å². The van der Waals surface area contributed by atoms with Crippen LogP contribution in [0.5, 0.6) is 5.75 Å². The molecule has 0 spiro atoms. The Kier molecular flexibility index (Phi) is 4.11. The van der Waals surface area contributed by atoms with Crippen molar-refractivity contribution in [3.63, 3.8) is 0 Å². The summed E-state index contributed by atoms with van der Waals surface area (Å²) in [6.07, 6.45) is 0. The number of ether oxygens (including phenoxy) is 2. The number of nitrogens with zero attached hydrogens (tertiary/aromatic N) is 1. The van der Waals surface area contributed by atoms with Crippen LogP contribution in [-0.2, 0) is 17.1 Å². The monoisotopic (exact) mass is 367 g/mol. The molecule has 0 amide bonds. The summed E-state index contributed by atoms with van der Waals surface area (Å²) in [6, 6.07) is 9.15. The van der Waals surface area contributed by atoms with E-state index >= 15 is 0 Å². The van der Waals surface area contributed by atoms with E-state index in [9.17, 15) is 0 Å². The van der Waals surface area contributed by atoms with Gasteiger partial charge in [0.05, 0.1) is 6.61 Å². The SMILES string of the molecule is Clc1cc2c(c(CSc3nc4cc(Cl)ccc4o3)c1)OCOC2. The van der Waals surface area contributed by atoms with Crippen molar-refractivity contribution in [2.75, 3.05) is 6.79 Å². The van der Waals surface area contributed by atoms with Crippen LogP contribution in [0.4, 0.5) is 0 Å². The van der Waals surface area contributed by atoms with Gasteiger partial charge < -0.3 is 13.9 Å². The Bertz CT molecular complexity index is 881. The average molecular weight is 368 g/mol. The highest BCUT2D eigenvalue weighted by atomic mass is 35.5. The first-order valence-electron chi connectivity index (χ1n) is 6.90. The van der Waals surface area contributed by atoms with Gasteiger partial charge in [0.1, 0.15) is 11.3 Å². The molecule has 1 aliphatic heterocycles. The number of fused-ring (bicyclic) bond motifs is 2. The van der Waals surface area contributed by atoms with Crippen molar-refractivity contribution in [3.05, 3.63) is 51.5 Å². The third kappa shape index (κ3) is 3.15. The number of oxazole rings is 1. The van der Waals surface area contributed by atoms with E-state index in [-0.39, 0.29) is 6.79 Å². The van der Waals surface area contributed by atoms with Gasteiger partial charge in [-0.05, 0) is 30.3 Å². The molecule has 0 radical (unpaired) electrons. The summed E-state index contributed by atoms with van der Waals surface area (Å²) < 4.78 is 16.6. The first kappa shape index (κ1) is 15.1. The molecular weight excluding hydrogens is 357 g/mol. The minimum Gasteiger partial charge on any atom is -0.467 e. The van der Waals surface area contributed by atoms with Crippen LogP contribution in [0.1, 0.15) is 11.1 Å². The van der Waals surface area contributed by atoms with Crippen molar-refractivity contribution >= 4 is 46.1 Å². The lowest BCUT2D eigenvalue weighted by atomic mass is 10.1. The van der Waals surface area contributed by atoms with Gasteiger partial charge in [-0.15, -0.1) is 0 Å². The van der Waals surface area contributed by atoms with Gasteiger partial charge in [-0.1, -0.05) is 35.0 Å². The fourth-order valence-electron chi connectivity index (χ4n) is 2.44. The van der Waals surface area contributed by atoms with E-state index in [1.54, 1.807) is 12.1 Å². The molecule has 2 aromatic carbocycles. The summed E-state index contributed by atoms with van der Waals surface area (Å²) in [5.74, 6) is 1.48. The summed E-state index contributed by atoms with van der Waals surface area (Å²) in [5.41, 5.74) is 3.43. The maximum absolute atomic E-state index is 6.17. The smallest absolute Gasteiger partial charge is 0.257 e. The van der Waals surface area contributed by atoms with Crippen LogP contribution in [-0.4, -0.2) is 11.8 Å². The molecule has 0 unspecified atom stereocenters. The number of aromatic nitrogens is 1. The Morgan fingerprint density at radius 3 is 2.96 bits per heavy atom. The van der Waals surface area contributed by atoms with E-state index in [4.69, 9.17) is 37.1 Å². The van der Waals surface area contributed by atoms with Gasteiger partial charge in [0.25, 0.3) is 5.22 Å². The van der Waals surface area contributed by atoms with Crippen LogP contribution in [0.15, 0.2) is 40.0 Å². The molecular formula is C16H11Cl2NO3S. The highest BCUT2D eigenvalue weighted by Gasteiger charge is 2.17. The molecule has 118 valence electrons. The van der Waals surface area contributed by atoms with E-state index in [0.717, 1.165) is 28.0 Å². The quantitative estimate of drug-likeness (QED) is 0.588. The molecule has 7 heteroatoms. The first-order chi connectivity index (χ1) is 11.2. The lowest BCUT2D eigenvalue weighted by Gasteiger charge is -2.20. The number of hydrogen-bond donors (Lipinski definition) is 0. The Hall–Kier alpha value is -1.40. The van der Waals surface area contributed by atoms with Gasteiger partial charge >= 0.3 is 0 Å². The molecule has 0 atom stereocenters. The van der Waals surface area contributed by atoms with E-state index in [2.05, 4.69) is 4.98 Å². The van der Waals surface area contributed by atoms with Gasteiger partial charge in [-0.25, -0.2) is 4.98 Å². The number of halogens is 2. The average Bonchev–Trinajstić information content (AvgIpc) is 2.94. The first-order valence-corrected chi connectivity index (χ1v) is 8.64. The molecule has 4 rings (SSSR count). The molecule has 0 saturated carbocycles. The van der Waals surface area contributed by atoms with E-state index in [0.29, 0.717) is 27.6 Å². The molecule has 0 bridgehead atoms. The van der Waals surface area contributed by atoms with Crippen LogP contribution in [0, 0.1) is 0 Å². The van der Waals surface area contributed by atoms with Gasteiger partial charge in [-0.2, -0.15) is 0 Å². The minimum absolute atomic E-state index is 0.258. The maximum Gasteiger partial charge on any atom is 0.257 e. The van der Waals surface area contributed by atoms with Crippen LogP contribution in [0.25, 0.3) is 11.1 Å². The zero-order valence-corrected chi connectivity index (χ0v) is 14.2. The Balaban J connectivity index is 1.59. The molecule has 0 N–H and O–H groups in total. The number of benzene rings is 2. The Morgan fingerprint density at radius 2 is 2.04 bits per heavy atom. The van der Waals surface area contributed by atoms with Gasteiger partial charge in [-0.3, -0.25) is 0 Å². The molecule has 3 aromatic rings. The summed E-state index contributed by atoms with van der Waals surface area (Å²) >= 11 is 13.6. The fraction of sp³-hybridized carbons (Fsp3) is 0.188. The summed E-state index contributed by atoms with van der Waals surface area (Å²) in [6.45, 7) is 0.767. The van der Waals surface area contributed by atoms with Crippen LogP contribution in [0.2, 0.25) is 10.0 Å². The van der Waals surface area contributed by atoms with Crippen molar-refractivity contribution in [2.45, 2.75) is 17.6 Å². The maximum atomic E-state index is 6.17. The number of rotatable bonds is 3. The third-order valence-corrected chi connectivity index (χ3v) is 4.76. The molecule has 0 aliphatic carbocycles. The topological polar surface area (TPSA) is 44.5 Å². The zero-order chi connectivity index (χ0) is 15.8. The van der Waals surface area contributed by atoms with Gasteiger partial charge in [0.2, 0.25) is 0 Å². The van der Waals surface area contributed by atoms with Crippen molar-refractivity contribution in [1.29, 1.82) is 0 Å². The van der Waals surface area contributed by atoms with E-state index in [1.807, 2.05) is 18.2 Å². The second kappa shape index (κ2) is 6.24. The Labute approximate surface area is 146 Å². The summed E-state index contributed by atoms with van der Waals surface area (Å²) in [4.78, 5) is 4.44. The molecule has 0 saturated heterocycles. The minimum atomic E-state index is 0.258. The molecule has 0 fully saturated rings. The zero-order valence-electron chi connectivity index (χ0n) is 11.8. The second-order valence-electron chi connectivity index (χ2n) is 5.04. The van der Waals surface area contributed by atoms with Crippen molar-refractivity contribution < 1.29 is 13.9 Å². The fourth-order valence-corrected chi connectivity index (χ4v) is 3.68. The highest BCUT2D eigenvalue weighted by Crippen LogP contribution is 2.36. The van der Waals surface area contributed by atoms with Crippen LogP contribution in [0.3, 0.4) is 0 Å². The lowest BCUT2D eigenvalue weighted by molar-refractivity contribution is -0.0168. The van der Waals surface area contributed by atoms with Crippen molar-refractivity contribution in [2.24, 2.45) is 0 Å². The second-order valence-corrected chi connectivity index (χ2v) is 6.84.